The van der Waals surface area contributed by atoms with Gasteiger partial charge in [0.2, 0.25) is 0 Å². The number of aromatic nitrogens is 2. The van der Waals surface area contributed by atoms with Crippen molar-refractivity contribution in [3.05, 3.63) is 17.4 Å². The molecule has 2 unspecified atom stereocenters. The van der Waals surface area contributed by atoms with Crippen LogP contribution >= 0.6 is 11.6 Å². The molecule has 0 spiro atoms. The molecule has 2 rings (SSSR count). The average molecular weight is 226 g/mol. The molecular weight excluding hydrogens is 210 g/mol. The van der Waals surface area contributed by atoms with Gasteiger partial charge in [-0.25, -0.2) is 0 Å². The van der Waals surface area contributed by atoms with Crippen molar-refractivity contribution in [1.29, 1.82) is 0 Å². The van der Waals surface area contributed by atoms with E-state index in [2.05, 4.69) is 28.9 Å². The third-order valence-electron chi connectivity index (χ3n) is 3.31. The lowest BCUT2D eigenvalue weighted by atomic mass is 9.88. The molecule has 0 amide bonds. The Morgan fingerprint density at radius 2 is 2.20 bits per heavy atom. The number of rotatable bonds is 1. The molecule has 1 aliphatic rings. The third-order valence-corrected chi connectivity index (χ3v) is 3.49. The summed E-state index contributed by atoms with van der Waals surface area (Å²) in [6, 6.07) is 1.89. The van der Waals surface area contributed by atoms with Crippen molar-refractivity contribution in [3.8, 4) is 0 Å². The summed E-state index contributed by atoms with van der Waals surface area (Å²) in [6.07, 6.45) is 3.02. The molecule has 1 aromatic rings. The van der Waals surface area contributed by atoms with E-state index < -0.39 is 0 Å². The zero-order valence-corrected chi connectivity index (χ0v) is 9.91. The number of hydrogen-bond acceptors (Lipinski definition) is 3. The highest BCUT2D eigenvalue weighted by atomic mass is 35.5. The van der Waals surface area contributed by atoms with E-state index in [9.17, 15) is 0 Å². The van der Waals surface area contributed by atoms with Crippen LogP contribution in [0.25, 0.3) is 0 Å². The van der Waals surface area contributed by atoms with E-state index in [-0.39, 0.29) is 0 Å². The molecule has 15 heavy (non-hydrogen) atoms. The van der Waals surface area contributed by atoms with Gasteiger partial charge in [0.1, 0.15) is 0 Å². The van der Waals surface area contributed by atoms with Gasteiger partial charge in [0, 0.05) is 19.2 Å². The van der Waals surface area contributed by atoms with Crippen molar-refractivity contribution in [2.45, 2.75) is 20.3 Å². The van der Waals surface area contributed by atoms with Crippen molar-refractivity contribution < 1.29 is 0 Å². The van der Waals surface area contributed by atoms with Gasteiger partial charge in [-0.15, -0.1) is 5.10 Å². The fourth-order valence-corrected chi connectivity index (χ4v) is 2.16. The molecule has 3 nitrogen and oxygen atoms in total. The minimum Gasteiger partial charge on any atom is -0.370 e. The highest BCUT2D eigenvalue weighted by Gasteiger charge is 2.22. The lowest BCUT2D eigenvalue weighted by molar-refractivity contribution is 0.324. The Bertz CT molecular complexity index is 342. The minimum atomic E-state index is 0.471. The number of hydrogen-bond donors (Lipinski definition) is 0. The molecule has 0 aromatic carbocycles. The van der Waals surface area contributed by atoms with Gasteiger partial charge >= 0.3 is 0 Å². The highest BCUT2D eigenvalue weighted by molar-refractivity contribution is 6.29. The van der Waals surface area contributed by atoms with Crippen molar-refractivity contribution in [3.63, 3.8) is 0 Å². The second-order valence-corrected chi connectivity index (χ2v) is 4.81. The molecule has 0 N–H and O–H groups in total. The third kappa shape index (κ3) is 2.40. The van der Waals surface area contributed by atoms with E-state index >= 15 is 0 Å². The predicted molar refractivity (Wildman–Crippen MR) is 62.2 cm³/mol. The summed E-state index contributed by atoms with van der Waals surface area (Å²) in [6.45, 7) is 6.80. The molecule has 2 heterocycles. The van der Waals surface area contributed by atoms with E-state index in [0.717, 1.165) is 30.6 Å². The Morgan fingerprint density at radius 3 is 2.87 bits per heavy atom. The second-order valence-electron chi connectivity index (χ2n) is 4.43. The fourth-order valence-electron chi connectivity index (χ4n) is 2.00. The zero-order chi connectivity index (χ0) is 10.8. The molecule has 1 aromatic heterocycles. The highest BCUT2D eigenvalue weighted by Crippen LogP contribution is 2.27. The average Bonchev–Trinajstić information content (AvgIpc) is 2.22. The molecule has 0 radical (unpaired) electrons. The first kappa shape index (κ1) is 10.7. The van der Waals surface area contributed by atoms with Gasteiger partial charge in [-0.05, 0) is 18.3 Å². The first-order chi connectivity index (χ1) is 7.16. The summed E-state index contributed by atoms with van der Waals surface area (Å²) in [5.41, 5.74) is 1.09. The Hall–Kier alpha value is -0.830. The Balaban J connectivity index is 2.12. The second kappa shape index (κ2) is 4.35. The number of halogens is 1. The summed E-state index contributed by atoms with van der Waals surface area (Å²) >= 11 is 5.83. The predicted octanol–water partition coefficient (Wildman–Crippen LogP) is 2.61. The lowest BCUT2D eigenvalue weighted by Gasteiger charge is -2.36. The number of nitrogens with zero attached hydrogens (tertiary/aromatic N) is 3. The van der Waals surface area contributed by atoms with E-state index in [1.54, 1.807) is 6.20 Å². The summed E-state index contributed by atoms with van der Waals surface area (Å²) in [4.78, 5) is 2.34. The first-order valence-corrected chi connectivity index (χ1v) is 5.78. The Labute approximate surface area is 95.5 Å². The largest absolute Gasteiger partial charge is 0.370 e. The summed E-state index contributed by atoms with van der Waals surface area (Å²) in [5.74, 6) is 1.54. The van der Waals surface area contributed by atoms with Gasteiger partial charge in [0.15, 0.2) is 5.15 Å². The van der Waals surface area contributed by atoms with E-state index in [1.807, 2.05) is 6.07 Å². The normalized spacial score (nSPS) is 26.7. The van der Waals surface area contributed by atoms with Crippen molar-refractivity contribution in [2.75, 3.05) is 18.0 Å². The maximum absolute atomic E-state index is 5.83. The molecule has 1 fully saturated rings. The van der Waals surface area contributed by atoms with E-state index in [0.29, 0.717) is 5.15 Å². The van der Waals surface area contributed by atoms with Gasteiger partial charge in [0.05, 0.1) is 11.9 Å². The van der Waals surface area contributed by atoms with Crippen LogP contribution in [0.5, 0.6) is 0 Å². The monoisotopic (exact) mass is 225 g/mol. The summed E-state index contributed by atoms with van der Waals surface area (Å²) < 4.78 is 0. The van der Waals surface area contributed by atoms with Crippen molar-refractivity contribution in [1.82, 2.24) is 10.2 Å². The molecule has 1 saturated heterocycles. The summed E-state index contributed by atoms with van der Waals surface area (Å²) in [5, 5.41) is 8.11. The van der Waals surface area contributed by atoms with Crippen LogP contribution in [0.3, 0.4) is 0 Å². The maximum Gasteiger partial charge on any atom is 0.153 e. The minimum absolute atomic E-state index is 0.471. The Morgan fingerprint density at radius 1 is 1.40 bits per heavy atom. The Kier molecular flexibility index (Phi) is 3.10. The van der Waals surface area contributed by atoms with Gasteiger partial charge in [-0.1, -0.05) is 25.4 Å². The first-order valence-electron chi connectivity index (χ1n) is 5.40. The number of piperidine rings is 1. The van der Waals surface area contributed by atoms with Crippen LogP contribution in [0.15, 0.2) is 12.3 Å². The molecule has 82 valence electrons. The molecular formula is C11H16ClN3. The van der Waals surface area contributed by atoms with Crippen LogP contribution < -0.4 is 4.90 Å². The van der Waals surface area contributed by atoms with Crippen molar-refractivity contribution >= 4 is 17.3 Å². The van der Waals surface area contributed by atoms with E-state index in [1.165, 1.54) is 6.42 Å². The smallest absolute Gasteiger partial charge is 0.153 e. The fraction of sp³-hybridized carbons (Fsp3) is 0.636. The molecule has 0 aliphatic carbocycles. The van der Waals surface area contributed by atoms with Crippen molar-refractivity contribution in [2.24, 2.45) is 11.8 Å². The van der Waals surface area contributed by atoms with E-state index in [4.69, 9.17) is 11.6 Å². The zero-order valence-electron chi connectivity index (χ0n) is 9.15. The van der Waals surface area contributed by atoms with Gasteiger partial charge < -0.3 is 4.90 Å². The quantitative estimate of drug-likeness (QED) is 0.736. The standard InChI is InChI=1S/C11H16ClN3/c1-8-3-4-15(7-9(8)2)10-5-11(12)14-13-6-10/h5-6,8-9H,3-4,7H2,1-2H3. The van der Waals surface area contributed by atoms with Crippen LogP contribution in [-0.4, -0.2) is 23.3 Å². The topological polar surface area (TPSA) is 29.0 Å². The van der Waals surface area contributed by atoms with Crippen LogP contribution in [0, 0.1) is 11.8 Å². The van der Waals surface area contributed by atoms with Crippen LogP contribution in [-0.2, 0) is 0 Å². The molecule has 0 bridgehead atoms. The summed E-state index contributed by atoms with van der Waals surface area (Å²) in [7, 11) is 0. The molecule has 4 heteroatoms. The van der Waals surface area contributed by atoms with Crippen LogP contribution in [0.2, 0.25) is 5.15 Å². The van der Waals surface area contributed by atoms with Crippen LogP contribution in [0.4, 0.5) is 5.69 Å². The SMILES string of the molecule is CC1CCN(c2cnnc(Cl)c2)CC1C. The van der Waals surface area contributed by atoms with Crippen LogP contribution in [0.1, 0.15) is 20.3 Å². The number of anilines is 1. The molecule has 2 atom stereocenters. The molecule has 0 saturated carbocycles. The maximum atomic E-state index is 5.83. The molecule has 1 aliphatic heterocycles. The van der Waals surface area contributed by atoms with Gasteiger partial charge in [-0.2, -0.15) is 5.10 Å². The van der Waals surface area contributed by atoms with Gasteiger partial charge in [-0.3, -0.25) is 0 Å². The van der Waals surface area contributed by atoms with Gasteiger partial charge in [0.25, 0.3) is 0 Å². The lowest BCUT2D eigenvalue weighted by Crippen LogP contribution is -2.38.